The third-order valence-electron chi connectivity index (χ3n) is 5.18. The molecule has 1 N–H and O–H groups in total. The van der Waals surface area contributed by atoms with E-state index >= 15 is 0 Å². The zero-order valence-electron chi connectivity index (χ0n) is 18.6. The van der Waals surface area contributed by atoms with Gasteiger partial charge in [0, 0.05) is 29.2 Å². The first kappa shape index (κ1) is 22.5. The monoisotopic (exact) mass is 433 g/mol. The van der Waals surface area contributed by atoms with Crippen LogP contribution < -0.4 is 10.6 Å². The molecule has 1 heterocycles. The highest BCUT2D eigenvalue weighted by Gasteiger charge is 2.28. The van der Waals surface area contributed by atoms with E-state index in [1.807, 2.05) is 74.5 Å². The zero-order valence-corrected chi connectivity index (χ0v) is 19.5. The van der Waals surface area contributed by atoms with Crippen LogP contribution in [0.15, 0.2) is 83.6 Å². The lowest BCUT2D eigenvalue weighted by molar-refractivity contribution is -0.120. The lowest BCUT2D eigenvalue weighted by Crippen LogP contribution is -2.38. The predicted molar refractivity (Wildman–Crippen MR) is 131 cm³/mol. The number of benzene rings is 2. The van der Waals surface area contributed by atoms with Crippen LogP contribution in [0.2, 0.25) is 0 Å². The molecule has 0 radical (unpaired) electrons. The Kier molecular flexibility index (Phi) is 6.47. The standard InChI is InChI=1S/C25H28N3O2P/c1-7-19-16-23(22-11-9-8-10-17(22)2)25(29)28(4)24(19)27-18(3)26-20-12-14-21(15-13-20)31(5,6)30/h7-16,26H,3H2,1-2,4-6H3/b19-7-,27-24+. The summed E-state index contributed by atoms with van der Waals surface area (Å²) in [5.74, 6) is 0.827. The Morgan fingerprint density at radius 1 is 1.13 bits per heavy atom. The number of anilines is 1. The lowest BCUT2D eigenvalue weighted by atomic mass is 9.94. The minimum absolute atomic E-state index is 0.113. The fraction of sp³-hybridized carbons (Fsp3) is 0.200. The van der Waals surface area contributed by atoms with Crippen molar-refractivity contribution in [3.05, 3.63) is 89.8 Å². The number of carbonyl (C=O) groups is 1. The molecule has 3 rings (SSSR count). The molecule has 0 bridgehead atoms. The van der Waals surface area contributed by atoms with E-state index in [0.29, 0.717) is 17.2 Å². The van der Waals surface area contributed by atoms with Crippen molar-refractivity contribution in [2.45, 2.75) is 13.8 Å². The summed E-state index contributed by atoms with van der Waals surface area (Å²) in [5.41, 5.74) is 4.24. The molecule has 6 heteroatoms. The maximum absolute atomic E-state index is 13.1. The summed E-state index contributed by atoms with van der Waals surface area (Å²) in [6, 6.07) is 15.2. The number of aryl methyl sites for hydroxylation is 1. The van der Waals surface area contributed by atoms with Crippen LogP contribution in [0, 0.1) is 6.92 Å². The third-order valence-corrected chi connectivity index (χ3v) is 6.72. The molecule has 0 aromatic heterocycles. The van der Waals surface area contributed by atoms with Crippen molar-refractivity contribution in [1.82, 2.24) is 4.90 Å². The predicted octanol–water partition coefficient (Wildman–Crippen LogP) is 5.03. The Labute approximate surface area is 184 Å². The summed E-state index contributed by atoms with van der Waals surface area (Å²) in [6.07, 6.45) is 3.81. The van der Waals surface area contributed by atoms with E-state index in [2.05, 4.69) is 16.9 Å². The van der Waals surface area contributed by atoms with Crippen LogP contribution in [0.25, 0.3) is 5.57 Å². The number of allylic oxidation sites excluding steroid dienone is 1. The molecule has 2 aromatic carbocycles. The number of aliphatic imine (C=N–C) groups is 1. The molecule has 1 aliphatic rings. The van der Waals surface area contributed by atoms with Crippen LogP contribution in [0.5, 0.6) is 0 Å². The van der Waals surface area contributed by atoms with Crippen molar-refractivity contribution < 1.29 is 9.36 Å². The van der Waals surface area contributed by atoms with E-state index < -0.39 is 7.14 Å². The van der Waals surface area contributed by atoms with E-state index in [4.69, 9.17) is 0 Å². The first-order valence-electron chi connectivity index (χ1n) is 10.0. The third kappa shape index (κ3) is 4.95. The first-order chi connectivity index (χ1) is 14.6. The number of nitrogens with one attached hydrogen (secondary N) is 1. The Morgan fingerprint density at radius 2 is 1.77 bits per heavy atom. The second kappa shape index (κ2) is 8.91. The second-order valence-electron chi connectivity index (χ2n) is 7.89. The number of amides is 1. The summed E-state index contributed by atoms with van der Waals surface area (Å²) < 4.78 is 12.2. The first-order valence-corrected chi connectivity index (χ1v) is 12.6. The lowest BCUT2D eigenvalue weighted by Gasteiger charge is -2.27. The molecule has 0 saturated heterocycles. The highest BCUT2D eigenvalue weighted by molar-refractivity contribution is 7.70. The minimum atomic E-state index is -2.30. The quantitative estimate of drug-likeness (QED) is 0.673. The molecule has 160 valence electrons. The van der Waals surface area contributed by atoms with Crippen molar-refractivity contribution in [2.75, 3.05) is 25.7 Å². The van der Waals surface area contributed by atoms with Gasteiger partial charge in [-0.05, 0) is 68.6 Å². The summed E-state index contributed by atoms with van der Waals surface area (Å²) in [6.45, 7) is 11.4. The van der Waals surface area contributed by atoms with Crippen molar-refractivity contribution in [1.29, 1.82) is 0 Å². The molecule has 2 aromatic rings. The fourth-order valence-corrected chi connectivity index (χ4v) is 4.27. The normalized spacial score (nSPS) is 17.1. The van der Waals surface area contributed by atoms with E-state index in [1.54, 1.807) is 25.3 Å². The van der Waals surface area contributed by atoms with Gasteiger partial charge in [0.1, 0.15) is 18.8 Å². The molecule has 0 atom stereocenters. The molecular weight excluding hydrogens is 405 g/mol. The van der Waals surface area contributed by atoms with E-state index in [0.717, 1.165) is 27.7 Å². The van der Waals surface area contributed by atoms with Crippen LogP contribution in [0.3, 0.4) is 0 Å². The number of hydrogen-bond acceptors (Lipinski definition) is 4. The van der Waals surface area contributed by atoms with Gasteiger partial charge in [-0.3, -0.25) is 9.69 Å². The Balaban J connectivity index is 1.88. The molecule has 31 heavy (non-hydrogen) atoms. The minimum Gasteiger partial charge on any atom is -0.341 e. The van der Waals surface area contributed by atoms with Gasteiger partial charge in [0.2, 0.25) is 0 Å². The van der Waals surface area contributed by atoms with Crippen LogP contribution in [0.1, 0.15) is 18.1 Å². The van der Waals surface area contributed by atoms with E-state index in [1.165, 1.54) is 0 Å². The van der Waals surface area contributed by atoms with E-state index in [-0.39, 0.29) is 5.91 Å². The average molecular weight is 433 g/mol. The fourth-order valence-electron chi connectivity index (χ4n) is 3.40. The molecule has 0 aliphatic carbocycles. The summed E-state index contributed by atoms with van der Waals surface area (Å²) >= 11 is 0. The van der Waals surface area contributed by atoms with Gasteiger partial charge in [0.05, 0.1) is 0 Å². The molecule has 0 unspecified atom stereocenters. The number of amidine groups is 1. The highest BCUT2D eigenvalue weighted by Crippen LogP contribution is 2.34. The largest absolute Gasteiger partial charge is 0.341 e. The van der Waals surface area contributed by atoms with Crippen molar-refractivity contribution >= 4 is 35.4 Å². The Morgan fingerprint density at radius 3 is 2.35 bits per heavy atom. The Hall–Kier alpha value is -3.17. The Bertz CT molecular complexity index is 1170. The van der Waals surface area contributed by atoms with Gasteiger partial charge in [-0.15, -0.1) is 0 Å². The van der Waals surface area contributed by atoms with Gasteiger partial charge in [-0.25, -0.2) is 4.99 Å². The number of nitrogens with zero attached hydrogens (tertiary/aromatic N) is 2. The van der Waals surface area contributed by atoms with Gasteiger partial charge in [0.25, 0.3) is 5.91 Å². The van der Waals surface area contributed by atoms with Crippen LogP contribution >= 0.6 is 7.14 Å². The van der Waals surface area contributed by atoms with Crippen molar-refractivity contribution in [2.24, 2.45) is 4.99 Å². The van der Waals surface area contributed by atoms with Gasteiger partial charge >= 0.3 is 0 Å². The van der Waals surface area contributed by atoms with Gasteiger partial charge in [-0.1, -0.05) is 36.9 Å². The zero-order chi connectivity index (χ0) is 22.8. The molecule has 0 saturated carbocycles. The number of hydrogen-bond donors (Lipinski definition) is 1. The summed E-state index contributed by atoms with van der Waals surface area (Å²) in [7, 11) is -0.579. The van der Waals surface area contributed by atoms with Crippen LogP contribution in [0.4, 0.5) is 5.69 Å². The highest BCUT2D eigenvalue weighted by atomic mass is 31.2. The van der Waals surface area contributed by atoms with E-state index in [9.17, 15) is 9.36 Å². The molecule has 0 fully saturated rings. The number of likely N-dealkylation sites (N-methyl/N-ethyl adjacent to an activating group) is 1. The van der Waals surface area contributed by atoms with Crippen LogP contribution in [-0.4, -0.2) is 37.0 Å². The molecule has 1 aliphatic heterocycles. The topological polar surface area (TPSA) is 61.8 Å². The molecule has 1 amide bonds. The summed E-state index contributed by atoms with van der Waals surface area (Å²) in [4.78, 5) is 19.2. The maximum Gasteiger partial charge on any atom is 0.259 e. The SMILES string of the molecule is C=C(/N=C1\C(=C/C)C=C(c2ccccc2C)C(=O)N1C)Nc1ccc(P(C)(C)=O)cc1. The molecule has 5 nitrogen and oxygen atoms in total. The van der Waals surface area contributed by atoms with Gasteiger partial charge in [0.15, 0.2) is 0 Å². The molecule has 0 spiro atoms. The van der Waals surface area contributed by atoms with Crippen molar-refractivity contribution in [3.8, 4) is 0 Å². The maximum atomic E-state index is 13.1. The number of rotatable bonds is 5. The second-order valence-corrected chi connectivity index (χ2v) is 11.1. The van der Waals surface area contributed by atoms with Crippen LogP contribution in [-0.2, 0) is 9.36 Å². The van der Waals surface area contributed by atoms with Gasteiger partial charge < -0.3 is 9.88 Å². The van der Waals surface area contributed by atoms with Crippen molar-refractivity contribution in [3.63, 3.8) is 0 Å². The summed E-state index contributed by atoms with van der Waals surface area (Å²) in [5, 5.41) is 3.96. The molecular formula is C25H28N3O2P. The average Bonchev–Trinajstić information content (AvgIpc) is 2.72. The van der Waals surface area contributed by atoms with Gasteiger partial charge in [-0.2, -0.15) is 0 Å². The smallest absolute Gasteiger partial charge is 0.259 e. The number of carbonyl (C=O) groups excluding carboxylic acids is 1.